The van der Waals surface area contributed by atoms with Gasteiger partial charge in [0.25, 0.3) is 5.69 Å². The number of nitro groups is 1. The van der Waals surface area contributed by atoms with E-state index in [1.54, 1.807) is 24.6 Å². The van der Waals surface area contributed by atoms with Crippen molar-refractivity contribution >= 4 is 23.0 Å². The summed E-state index contributed by atoms with van der Waals surface area (Å²) in [5.74, 6) is 5.31. The van der Waals surface area contributed by atoms with E-state index in [1.807, 2.05) is 0 Å². The molecular formula is C11H12ClN5O2. The number of hydrogen-bond acceptors (Lipinski definition) is 5. The Morgan fingerprint density at radius 2 is 2.11 bits per heavy atom. The number of aromatic nitrogens is 2. The molecule has 0 amide bonds. The van der Waals surface area contributed by atoms with Crippen LogP contribution in [0, 0.1) is 24.0 Å². The number of rotatable bonds is 3. The second-order valence-electron chi connectivity index (χ2n) is 4.04. The zero-order valence-corrected chi connectivity index (χ0v) is 11.1. The van der Waals surface area contributed by atoms with Crippen LogP contribution in [0.4, 0.5) is 11.4 Å². The van der Waals surface area contributed by atoms with Gasteiger partial charge in [-0.05, 0) is 19.9 Å². The van der Waals surface area contributed by atoms with Gasteiger partial charge in [-0.2, -0.15) is 5.10 Å². The van der Waals surface area contributed by atoms with Gasteiger partial charge in [0.05, 0.1) is 32.7 Å². The summed E-state index contributed by atoms with van der Waals surface area (Å²) in [5.41, 5.74) is 4.64. The first-order valence-corrected chi connectivity index (χ1v) is 5.80. The van der Waals surface area contributed by atoms with E-state index < -0.39 is 4.92 Å². The van der Waals surface area contributed by atoms with E-state index in [0.29, 0.717) is 27.8 Å². The van der Waals surface area contributed by atoms with Crippen molar-refractivity contribution in [1.29, 1.82) is 0 Å². The Balaban J connectivity index is 2.64. The lowest BCUT2D eigenvalue weighted by Crippen LogP contribution is -2.09. The fourth-order valence-corrected chi connectivity index (χ4v) is 1.90. The number of nitrogens with zero attached hydrogens (tertiary/aromatic N) is 3. The number of anilines is 1. The van der Waals surface area contributed by atoms with Crippen LogP contribution in [0.15, 0.2) is 18.2 Å². The van der Waals surface area contributed by atoms with Gasteiger partial charge in [-0.25, -0.2) is 4.68 Å². The van der Waals surface area contributed by atoms with Crippen molar-refractivity contribution in [2.75, 3.05) is 5.43 Å². The predicted octanol–water partition coefficient (Wildman–Crippen LogP) is 2.34. The lowest BCUT2D eigenvalue weighted by molar-refractivity contribution is -0.384. The number of nitro benzene ring substituents is 1. The Kier molecular flexibility index (Phi) is 3.41. The van der Waals surface area contributed by atoms with Crippen LogP contribution in [0.5, 0.6) is 0 Å². The number of aryl methyl sites for hydroxylation is 1. The van der Waals surface area contributed by atoms with Crippen LogP contribution >= 0.6 is 11.6 Å². The SMILES string of the molecule is Cc1nn(-c2cc(NN)cc([N+](=O)[O-])c2)c(C)c1Cl. The average molecular weight is 282 g/mol. The van der Waals surface area contributed by atoms with Crippen LogP contribution in [-0.4, -0.2) is 14.7 Å². The van der Waals surface area contributed by atoms with E-state index in [0.717, 1.165) is 0 Å². The largest absolute Gasteiger partial charge is 0.324 e. The summed E-state index contributed by atoms with van der Waals surface area (Å²) in [5, 5.41) is 15.7. The minimum Gasteiger partial charge on any atom is -0.324 e. The Hall–Kier alpha value is -2.12. The molecule has 1 aromatic heterocycles. The lowest BCUT2D eigenvalue weighted by atomic mass is 10.2. The normalized spacial score (nSPS) is 10.5. The van der Waals surface area contributed by atoms with Crippen molar-refractivity contribution in [1.82, 2.24) is 9.78 Å². The molecule has 0 aliphatic heterocycles. The van der Waals surface area contributed by atoms with Crippen LogP contribution in [0.2, 0.25) is 5.02 Å². The van der Waals surface area contributed by atoms with Gasteiger partial charge in [-0.3, -0.25) is 16.0 Å². The van der Waals surface area contributed by atoms with Gasteiger partial charge in [0.1, 0.15) is 0 Å². The zero-order valence-electron chi connectivity index (χ0n) is 10.3. The van der Waals surface area contributed by atoms with Gasteiger partial charge in [-0.15, -0.1) is 0 Å². The lowest BCUT2D eigenvalue weighted by Gasteiger charge is -2.07. The molecule has 1 aromatic carbocycles. The number of nitrogens with two attached hydrogens (primary N) is 1. The number of hydrazine groups is 1. The fraction of sp³-hybridized carbons (Fsp3) is 0.182. The maximum Gasteiger partial charge on any atom is 0.273 e. The molecular weight excluding hydrogens is 270 g/mol. The van der Waals surface area contributed by atoms with Gasteiger partial charge < -0.3 is 5.43 Å². The maximum absolute atomic E-state index is 10.9. The standard InChI is InChI=1S/C11H12ClN5O2/c1-6-11(12)7(2)16(15-6)9-3-8(14-13)4-10(5-9)17(18)19/h3-5,14H,13H2,1-2H3. The summed E-state index contributed by atoms with van der Waals surface area (Å²) < 4.78 is 1.55. The van der Waals surface area contributed by atoms with Crippen LogP contribution in [0.3, 0.4) is 0 Å². The molecule has 0 bridgehead atoms. The topological polar surface area (TPSA) is 99.0 Å². The molecule has 8 heteroatoms. The third-order valence-electron chi connectivity index (χ3n) is 2.73. The minimum absolute atomic E-state index is 0.0749. The summed E-state index contributed by atoms with van der Waals surface area (Å²) in [6.07, 6.45) is 0. The van der Waals surface area contributed by atoms with Crippen molar-refractivity contribution in [2.45, 2.75) is 13.8 Å². The van der Waals surface area contributed by atoms with Crippen molar-refractivity contribution < 1.29 is 4.92 Å². The van der Waals surface area contributed by atoms with Crippen LogP contribution < -0.4 is 11.3 Å². The molecule has 0 unspecified atom stereocenters. The molecule has 0 atom stereocenters. The van der Waals surface area contributed by atoms with E-state index in [4.69, 9.17) is 17.4 Å². The molecule has 2 rings (SSSR count). The van der Waals surface area contributed by atoms with Gasteiger partial charge >= 0.3 is 0 Å². The Morgan fingerprint density at radius 3 is 2.58 bits per heavy atom. The molecule has 3 N–H and O–H groups in total. The highest BCUT2D eigenvalue weighted by molar-refractivity contribution is 6.31. The van der Waals surface area contributed by atoms with E-state index >= 15 is 0 Å². The molecule has 0 radical (unpaired) electrons. The van der Waals surface area contributed by atoms with Gasteiger partial charge in [0, 0.05) is 12.1 Å². The van der Waals surface area contributed by atoms with Crippen molar-refractivity contribution in [2.24, 2.45) is 5.84 Å². The Bertz CT molecular complexity index is 653. The van der Waals surface area contributed by atoms with E-state index in [-0.39, 0.29) is 5.69 Å². The number of nitrogens with one attached hydrogen (secondary N) is 1. The van der Waals surface area contributed by atoms with Crippen LogP contribution in [0.25, 0.3) is 5.69 Å². The predicted molar refractivity (Wildman–Crippen MR) is 72.5 cm³/mol. The molecule has 0 saturated heterocycles. The molecule has 0 fully saturated rings. The number of nitrogen functional groups attached to an aromatic ring is 1. The third kappa shape index (κ3) is 2.38. The Labute approximate surface area is 114 Å². The number of non-ortho nitro benzene ring substituents is 1. The van der Waals surface area contributed by atoms with Crippen molar-refractivity contribution in [3.63, 3.8) is 0 Å². The number of benzene rings is 1. The summed E-state index contributed by atoms with van der Waals surface area (Å²) >= 11 is 6.07. The van der Waals surface area contributed by atoms with E-state index in [1.165, 1.54) is 12.1 Å². The second-order valence-corrected chi connectivity index (χ2v) is 4.41. The van der Waals surface area contributed by atoms with E-state index in [2.05, 4.69) is 10.5 Å². The monoisotopic (exact) mass is 281 g/mol. The molecule has 0 aliphatic carbocycles. The number of hydrogen-bond donors (Lipinski definition) is 2. The summed E-state index contributed by atoms with van der Waals surface area (Å²) in [6.45, 7) is 3.56. The molecule has 19 heavy (non-hydrogen) atoms. The maximum atomic E-state index is 10.9. The van der Waals surface area contributed by atoms with Gasteiger partial charge in [-0.1, -0.05) is 11.6 Å². The smallest absolute Gasteiger partial charge is 0.273 e. The molecule has 0 saturated carbocycles. The fourth-order valence-electron chi connectivity index (χ4n) is 1.78. The molecule has 0 aliphatic rings. The molecule has 7 nitrogen and oxygen atoms in total. The summed E-state index contributed by atoms with van der Waals surface area (Å²) in [4.78, 5) is 10.4. The highest BCUT2D eigenvalue weighted by Gasteiger charge is 2.15. The third-order valence-corrected chi connectivity index (χ3v) is 3.27. The van der Waals surface area contributed by atoms with Crippen LogP contribution in [-0.2, 0) is 0 Å². The quantitative estimate of drug-likeness (QED) is 0.511. The average Bonchev–Trinajstić information content (AvgIpc) is 2.66. The second kappa shape index (κ2) is 4.87. The highest BCUT2D eigenvalue weighted by Crippen LogP contribution is 2.27. The summed E-state index contributed by atoms with van der Waals surface area (Å²) in [7, 11) is 0. The van der Waals surface area contributed by atoms with E-state index in [9.17, 15) is 10.1 Å². The summed E-state index contributed by atoms with van der Waals surface area (Å²) in [6, 6.07) is 4.41. The molecule has 2 aromatic rings. The first-order valence-electron chi connectivity index (χ1n) is 5.42. The minimum atomic E-state index is -0.488. The Morgan fingerprint density at radius 1 is 1.42 bits per heavy atom. The van der Waals surface area contributed by atoms with Gasteiger partial charge in [0.2, 0.25) is 0 Å². The first kappa shape index (κ1) is 13.3. The van der Waals surface area contributed by atoms with Crippen molar-refractivity contribution in [3.05, 3.63) is 44.7 Å². The van der Waals surface area contributed by atoms with Crippen LogP contribution in [0.1, 0.15) is 11.4 Å². The number of halogens is 1. The van der Waals surface area contributed by atoms with Gasteiger partial charge in [0.15, 0.2) is 0 Å². The van der Waals surface area contributed by atoms with Crippen molar-refractivity contribution in [3.8, 4) is 5.69 Å². The molecule has 0 spiro atoms. The highest BCUT2D eigenvalue weighted by atomic mass is 35.5. The molecule has 100 valence electrons. The zero-order chi connectivity index (χ0) is 14.2. The first-order chi connectivity index (χ1) is 8.93. The molecule has 1 heterocycles.